The second-order valence-corrected chi connectivity index (χ2v) is 6.55. The van der Waals surface area contributed by atoms with E-state index in [0.717, 1.165) is 30.3 Å². The lowest BCUT2D eigenvalue weighted by Gasteiger charge is -2.21. The van der Waals surface area contributed by atoms with Crippen molar-refractivity contribution in [2.45, 2.75) is 25.4 Å². The van der Waals surface area contributed by atoms with Crippen LogP contribution in [-0.2, 0) is 6.54 Å². The lowest BCUT2D eigenvalue weighted by Crippen LogP contribution is -2.32. The number of nitrogens with zero attached hydrogens (tertiary/aromatic N) is 1. The van der Waals surface area contributed by atoms with Crippen molar-refractivity contribution in [3.8, 4) is 0 Å². The highest BCUT2D eigenvalue weighted by atomic mass is 32.1. The highest BCUT2D eigenvalue weighted by molar-refractivity contribution is 7.09. The molecular weight excluding hydrogens is 280 g/mol. The zero-order chi connectivity index (χ0) is 14.2. The number of hydrogen-bond donors (Lipinski definition) is 1. The van der Waals surface area contributed by atoms with Gasteiger partial charge in [-0.25, -0.2) is 0 Å². The number of fused-ring (bicyclic) bond motifs is 1. The average Bonchev–Trinajstić information content (AvgIpc) is 3.04. The van der Waals surface area contributed by atoms with Crippen LogP contribution in [0.15, 0.2) is 47.8 Å². The molecule has 2 heterocycles. The Morgan fingerprint density at radius 2 is 2.10 bits per heavy atom. The Morgan fingerprint density at radius 3 is 2.81 bits per heavy atom. The molecule has 0 atom stereocenters. The number of thiophene rings is 1. The molecule has 2 aromatic heterocycles. The standard InChI is InChI=1S/C17H16N2OS/c20-17(16-10-12-4-1-2-6-15(12)18-16)19(13-7-8-13)11-14-5-3-9-21-14/h1-6,9-10,13,18H,7-8,11H2. The predicted octanol–water partition coefficient (Wildman–Crippen LogP) is 4.03. The number of aromatic amines is 1. The maximum atomic E-state index is 12.8. The third-order valence-corrected chi connectivity index (χ3v) is 4.78. The largest absolute Gasteiger partial charge is 0.351 e. The Hall–Kier alpha value is -2.07. The van der Waals surface area contributed by atoms with Crippen molar-refractivity contribution >= 4 is 28.1 Å². The third-order valence-electron chi connectivity index (χ3n) is 3.92. The van der Waals surface area contributed by atoms with Crippen LogP contribution in [0.25, 0.3) is 10.9 Å². The predicted molar refractivity (Wildman–Crippen MR) is 85.5 cm³/mol. The number of hydrogen-bond acceptors (Lipinski definition) is 2. The fourth-order valence-electron chi connectivity index (χ4n) is 2.67. The van der Waals surface area contributed by atoms with Gasteiger partial charge in [0.25, 0.3) is 5.91 Å². The van der Waals surface area contributed by atoms with Gasteiger partial charge in [-0.3, -0.25) is 4.79 Å². The van der Waals surface area contributed by atoms with Gasteiger partial charge in [0.15, 0.2) is 0 Å². The summed E-state index contributed by atoms with van der Waals surface area (Å²) in [4.78, 5) is 19.3. The maximum absolute atomic E-state index is 12.8. The normalized spacial score (nSPS) is 14.5. The molecule has 3 nitrogen and oxygen atoms in total. The number of amides is 1. The second-order valence-electron chi connectivity index (χ2n) is 5.51. The van der Waals surface area contributed by atoms with Crippen molar-refractivity contribution in [2.75, 3.05) is 0 Å². The Kier molecular flexibility index (Phi) is 3.04. The summed E-state index contributed by atoms with van der Waals surface area (Å²) in [6.07, 6.45) is 2.24. The van der Waals surface area contributed by atoms with Crippen LogP contribution in [0.2, 0.25) is 0 Å². The number of H-pyrrole nitrogens is 1. The smallest absolute Gasteiger partial charge is 0.270 e. The van der Waals surface area contributed by atoms with Gasteiger partial charge in [-0.15, -0.1) is 11.3 Å². The third kappa shape index (κ3) is 2.47. The summed E-state index contributed by atoms with van der Waals surface area (Å²) in [5.41, 5.74) is 1.72. The molecule has 106 valence electrons. The molecule has 21 heavy (non-hydrogen) atoms. The fraction of sp³-hybridized carbons (Fsp3) is 0.235. The van der Waals surface area contributed by atoms with Crippen molar-refractivity contribution in [2.24, 2.45) is 0 Å². The molecule has 4 rings (SSSR count). The van der Waals surface area contributed by atoms with E-state index >= 15 is 0 Å². The van der Waals surface area contributed by atoms with E-state index in [1.165, 1.54) is 4.88 Å². The molecule has 0 aliphatic heterocycles. The summed E-state index contributed by atoms with van der Waals surface area (Å²) in [6.45, 7) is 0.719. The summed E-state index contributed by atoms with van der Waals surface area (Å²) in [6, 6.07) is 14.5. The van der Waals surface area contributed by atoms with E-state index in [4.69, 9.17) is 0 Å². The maximum Gasteiger partial charge on any atom is 0.270 e. The first-order valence-corrected chi connectivity index (χ1v) is 8.10. The molecule has 0 bridgehead atoms. The Labute approximate surface area is 127 Å². The zero-order valence-electron chi connectivity index (χ0n) is 11.6. The number of carbonyl (C=O) groups excluding carboxylic acids is 1. The van der Waals surface area contributed by atoms with Gasteiger partial charge in [-0.2, -0.15) is 0 Å². The average molecular weight is 296 g/mol. The van der Waals surface area contributed by atoms with E-state index in [2.05, 4.69) is 16.4 Å². The number of nitrogens with one attached hydrogen (secondary N) is 1. The summed E-state index contributed by atoms with van der Waals surface area (Å²) >= 11 is 1.71. The summed E-state index contributed by atoms with van der Waals surface area (Å²) in [7, 11) is 0. The first-order chi connectivity index (χ1) is 10.3. The van der Waals surface area contributed by atoms with Crippen LogP contribution in [0, 0.1) is 0 Å². The minimum atomic E-state index is 0.113. The van der Waals surface area contributed by atoms with Gasteiger partial charge in [0.05, 0.1) is 6.54 Å². The molecule has 0 unspecified atom stereocenters. The summed E-state index contributed by atoms with van der Waals surface area (Å²) < 4.78 is 0. The summed E-state index contributed by atoms with van der Waals surface area (Å²) in [5.74, 6) is 0.113. The van der Waals surface area contributed by atoms with Crippen LogP contribution in [0.3, 0.4) is 0 Å². The topological polar surface area (TPSA) is 36.1 Å². The van der Waals surface area contributed by atoms with Crippen LogP contribution in [0.4, 0.5) is 0 Å². The van der Waals surface area contributed by atoms with E-state index in [0.29, 0.717) is 11.7 Å². The lowest BCUT2D eigenvalue weighted by atomic mass is 10.2. The molecule has 1 aliphatic rings. The SMILES string of the molecule is O=C(c1cc2ccccc2[nH]1)N(Cc1cccs1)C1CC1. The van der Waals surface area contributed by atoms with Crippen LogP contribution >= 0.6 is 11.3 Å². The number of benzene rings is 1. The van der Waals surface area contributed by atoms with Gasteiger partial charge in [0.1, 0.15) is 5.69 Å². The van der Waals surface area contributed by atoms with E-state index < -0.39 is 0 Å². The van der Waals surface area contributed by atoms with Crippen molar-refractivity contribution in [3.63, 3.8) is 0 Å². The number of carbonyl (C=O) groups is 1. The van der Waals surface area contributed by atoms with Gasteiger partial charge in [0, 0.05) is 21.8 Å². The van der Waals surface area contributed by atoms with Crippen LogP contribution in [-0.4, -0.2) is 21.8 Å². The Bertz CT molecular complexity index is 738. The molecule has 1 saturated carbocycles. The molecular formula is C17H16N2OS. The second kappa shape index (κ2) is 5.04. The van der Waals surface area contributed by atoms with Gasteiger partial charge in [-0.05, 0) is 36.4 Å². The first kappa shape index (κ1) is 12.7. The zero-order valence-corrected chi connectivity index (χ0v) is 12.4. The number of rotatable bonds is 4. The molecule has 1 fully saturated rings. The molecule has 0 spiro atoms. The highest BCUT2D eigenvalue weighted by Crippen LogP contribution is 2.31. The first-order valence-electron chi connectivity index (χ1n) is 7.22. The fourth-order valence-corrected chi connectivity index (χ4v) is 3.37. The van der Waals surface area contributed by atoms with E-state index in [-0.39, 0.29) is 5.91 Å². The summed E-state index contributed by atoms with van der Waals surface area (Å²) in [5, 5.41) is 3.15. The van der Waals surface area contributed by atoms with Gasteiger partial charge in [-0.1, -0.05) is 24.3 Å². The van der Waals surface area contributed by atoms with E-state index in [1.54, 1.807) is 11.3 Å². The molecule has 4 heteroatoms. The van der Waals surface area contributed by atoms with E-state index in [1.807, 2.05) is 41.3 Å². The van der Waals surface area contributed by atoms with Crippen molar-refractivity contribution in [3.05, 3.63) is 58.4 Å². The molecule has 1 aliphatic carbocycles. The van der Waals surface area contributed by atoms with Crippen molar-refractivity contribution in [1.29, 1.82) is 0 Å². The minimum absolute atomic E-state index is 0.113. The molecule has 1 amide bonds. The lowest BCUT2D eigenvalue weighted by molar-refractivity contribution is 0.0726. The van der Waals surface area contributed by atoms with Gasteiger partial charge in [0.2, 0.25) is 0 Å². The van der Waals surface area contributed by atoms with Gasteiger partial charge < -0.3 is 9.88 Å². The molecule has 1 aromatic carbocycles. The van der Waals surface area contributed by atoms with Crippen LogP contribution < -0.4 is 0 Å². The molecule has 3 aromatic rings. The minimum Gasteiger partial charge on any atom is -0.351 e. The number of aromatic nitrogens is 1. The molecule has 1 N–H and O–H groups in total. The Balaban J connectivity index is 1.64. The van der Waals surface area contributed by atoms with Crippen molar-refractivity contribution < 1.29 is 4.79 Å². The monoisotopic (exact) mass is 296 g/mol. The molecule has 0 saturated heterocycles. The quantitative estimate of drug-likeness (QED) is 0.775. The van der Waals surface area contributed by atoms with E-state index in [9.17, 15) is 4.79 Å². The number of para-hydroxylation sites is 1. The molecule has 0 radical (unpaired) electrons. The van der Waals surface area contributed by atoms with Crippen molar-refractivity contribution in [1.82, 2.24) is 9.88 Å². The van der Waals surface area contributed by atoms with Crippen LogP contribution in [0.1, 0.15) is 28.2 Å². The Morgan fingerprint density at radius 1 is 1.24 bits per heavy atom. The highest BCUT2D eigenvalue weighted by Gasteiger charge is 2.33. The van der Waals surface area contributed by atoms with Gasteiger partial charge >= 0.3 is 0 Å². The van der Waals surface area contributed by atoms with Crippen LogP contribution in [0.5, 0.6) is 0 Å².